The Morgan fingerprint density at radius 2 is 1.65 bits per heavy atom. The number of aromatic nitrogens is 2. The molecule has 2 aromatic heterocycles. The van der Waals surface area contributed by atoms with Gasteiger partial charge in [0, 0.05) is 18.9 Å². The van der Waals surface area contributed by atoms with E-state index < -0.39 is 0 Å². The second-order valence-corrected chi connectivity index (χ2v) is 5.13. The van der Waals surface area contributed by atoms with Crippen LogP contribution in [0.2, 0.25) is 0 Å². The van der Waals surface area contributed by atoms with Crippen LogP contribution in [-0.4, -0.2) is 40.2 Å². The molecule has 2 rings (SSSR count). The van der Waals surface area contributed by atoms with Crippen molar-refractivity contribution in [3.63, 3.8) is 0 Å². The maximum absolute atomic E-state index is 10.8. The molecule has 0 unspecified atom stereocenters. The van der Waals surface area contributed by atoms with Crippen LogP contribution in [0.1, 0.15) is 39.1 Å². The second kappa shape index (κ2) is 15.9. The van der Waals surface area contributed by atoms with Crippen molar-refractivity contribution in [2.45, 2.75) is 40.8 Å². The Hall–Kier alpha value is -2.60. The van der Waals surface area contributed by atoms with Crippen LogP contribution in [0.15, 0.2) is 48.8 Å². The Balaban J connectivity index is 0.000000458. The van der Waals surface area contributed by atoms with E-state index in [1.807, 2.05) is 50.4 Å². The highest BCUT2D eigenvalue weighted by Gasteiger charge is 2.05. The Morgan fingerprint density at radius 1 is 1.08 bits per heavy atom. The molecule has 6 heteroatoms. The predicted molar refractivity (Wildman–Crippen MR) is 104 cm³/mol. The minimum absolute atomic E-state index is 0.0342. The zero-order valence-electron chi connectivity index (χ0n) is 16.2. The van der Waals surface area contributed by atoms with Gasteiger partial charge in [0.1, 0.15) is 5.78 Å². The standard InChI is InChI=1S/C10H12N2O2.C8H12N2.C2H6/c1-9(14)6-12(8-13)7-10-4-2-3-5-11-10;1-2-9-7-8-5-3-4-6-10-8;1-2/h2-5,8H,6-7H2,1H3;3-6,9H,2,7H2,1H3;1-2H3. The van der Waals surface area contributed by atoms with Crippen molar-refractivity contribution < 1.29 is 9.59 Å². The largest absolute Gasteiger partial charge is 0.332 e. The zero-order chi connectivity index (χ0) is 19.6. The van der Waals surface area contributed by atoms with Crippen LogP contribution in [0.4, 0.5) is 0 Å². The SMILES string of the molecule is CC.CC(=O)CN(C=O)Cc1ccccn1.CCNCc1ccccn1. The molecule has 0 aromatic carbocycles. The number of nitrogens with one attached hydrogen (secondary N) is 1. The molecule has 0 bridgehead atoms. The topological polar surface area (TPSA) is 75.2 Å². The number of hydrogen-bond acceptors (Lipinski definition) is 5. The first-order valence-electron chi connectivity index (χ1n) is 8.85. The summed E-state index contributed by atoms with van der Waals surface area (Å²) in [5.74, 6) is -0.0342. The van der Waals surface area contributed by atoms with Crippen molar-refractivity contribution in [3.8, 4) is 0 Å². The molecule has 0 saturated heterocycles. The van der Waals surface area contributed by atoms with Crippen LogP contribution in [0.25, 0.3) is 0 Å². The fourth-order valence-corrected chi connectivity index (χ4v) is 1.87. The summed E-state index contributed by atoms with van der Waals surface area (Å²) in [6.45, 7) is 9.93. The van der Waals surface area contributed by atoms with Gasteiger partial charge in [-0.25, -0.2) is 0 Å². The quantitative estimate of drug-likeness (QED) is 0.735. The molecule has 2 aromatic rings. The highest BCUT2D eigenvalue weighted by molar-refractivity contribution is 5.79. The van der Waals surface area contributed by atoms with Gasteiger partial charge in [0.25, 0.3) is 0 Å². The van der Waals surface area contributed by atoms with Crippen LogP contribution < -0.4 is 5.32 Å². The third-order valence-electron chi connectivity index (χ3n) is 2.95. The molecule has 1 N–H and O–H groups in total. The number of ketones is 1. The third-order valence-corrected chi connectivity index (χ3v) is 2.95. The minimum Gasteiger partial charge on any atom is -0.332 e. The smallest absolute Gasteiger partial charge is 0.210 e. The fourth-order valence-electron chi connectivity index (χ4n) is 1.87. The first-order chi connectivity index (χ1) is 12.7. The Labute approximate surface area is 156 Å². The van der Waals surface area contributed by atoms with Gasteiger partial charge in [-0.05, 0) is 37.7 Å². The number of pyridine rings is 2. The molecule has 142 valence electrons. The summed E-state index contributed by atoms with van der Waals surface area (Å²) in [7, 11) is 0. The van der Waals surface area contributed by atoms with Crippen LogP contribution >= 0.6 is 0 Å². The highest BCUT2D eigenvalue weighted by atomic mass is 16.1. The molecule has 1 amide bonds. The van der Waals surface area contributed by atoms with Crippen molar-refractivity contribution in [3.05, 3.63) is 60.2 Å². The Morgan fingerprint density at radius 3 is 2.08 bits per heavy atom. The lowest BCUT2D eigenvalue weighted by atomic mass is 10.3. The number of hydrogen-bond donors (Lipinski definition) is 1. The van der Waals surface area contributed by atoms with Crippen molar-refractivity contribution in [1.82, 2.24) is 20.2 Å². The molecule has 0 fully saturated rings. The van der Waals surface area contributed by atoms with Crippen LogP contribution in [0, 0.1) is 0 Å². The molecule has 0 spiro atoms. The molecular weight excluding hydrogens is 328 g/mol. The maximum Gasteiger partial charge on any atom is 0.210 e. The monoisotopic (exact) mass is 358 g/mol. The van der Waals surface area contributed by atoms with E-state index in [9.17, 15) is 9.59 Å². The summed E-state index contributed by atoms with van der Waals surface area (Å²) < 4.78 is 0. The number of Topliss-reactive ketones (excluding diaryl/α,β-unsaturated/α-hetero) is 1. The normalized spacial score (nSPS) is 9.08. The lowest BCUT2D eigenvalue weighted by Gasteiger charge is -2.14. The van der Waals surface area contributed by atoms with Crippen LogP contribution in [0.5, 0.6) is 0 Å². The Bertz CT molecular complexity index is 591. The lowest BCUT2D eigenvalue weighted by molar-refractivity contribution is -0.126. The lowest BCUT2D eigenvalue weighted by Crippen LogP contribution is -2.27. The van der Waals surface area contributed by atoms with E-state index in [2.05, 4.69) is 22.2 Å². The van der Waals surface area contributed by atoms with Gasteiger partial charge in [-0.3, -0.25) is 19.6 Å². The maximum atomic E-state index is 10.8. The Kier molecular flexibility index (Phi) is 14.3. The molecule has 0 atom stereocenters. The first kappa shape index (κ1) is 23.4. The third kappa shape index (κ3) is 11.9. The van der Waals surface area contributed by atoms with Gasteiger partial charge in [-0.15, -0.1) is 0 Å². The summed E-state index contributed by atoms with van der Waals surface area (Å²) in [6.07, 6.45) is 4.13. The molecule has 0 radical (unpaired) electrons. The van der Waals surface area contributed by atoms with Gasteiger partial charge in [-0.2, -0.15) is 0 Å². The number of rotatable bonds is 8. The molecule has 0 aliphatic carbocycles. The first-order valence-corrected chi connectivity index (χ1v) is 8.85. The summed E-state index contributed by atoms with van der Waals surface area (Å²) in [5, 5.41) is 3.20. The van der Waals surface area contributed by atoms with Crippen molar-refractivity contribution in [1.29, 1.82) is 0 Å². The van der Waals surface area contributed by atoms with Crippen LogP contribution in [-0.2, 0) is 22.7 Å². The summed E-state index contributed by atoms with van der Waals surface area (Å²) >= 11 is 0. The van der Waals surface area contributed by atoms with E-state index in [-0.39, 0.29) is 12.3 Å². The average Bonchev–Trinajstić information content (AvgIpc) is 2.69. The van der Waals surface area contributed by atoms with Gasteiger partial charge in [-0.1, -0.05) is 32.9 Å². The van der Waals surface area contributed by atoms with Gasteiger partial charge in [0.05, 0.1) is 24.5 Å². The molecule has 26 heavy (non-hydrogen) atoms. The van der Waals surface area contributed by atoms with Gasteiger partial charge in [0.2, 0.25) is 6.41 Å². The van der Waals surface area contributed by atoms with Gasteiger partial charge >= 0.3 is 0 Å². The van der Waals surface area contributed by atoms with E-state index >= 15 is 0 Å². The van der Waals surface area contributed by atoms with Crippen molar-refractivity contribution in [2.75, 3.05) is 13.1 Å². The van der Waals surface area contributed by atoms with E-state index in [1.54, 1.807) is 12.3 Å². The number of nitrogens with zero attached hydrogens (tertiary/aromatic N) is 3. The zero-order valence-corrected chi connectivity index (χ0v) is 16.2. The minimum atomic E-state index is -0.0342. The number of carbonyl (C=O) groups excluding carboxylic acids is 2. The van der Waals surface area contributed by atoms with Crippen molar-refractivity contribution in [2.24, 2.45) is 0 Å². The van der Waals surface area contributed by atoms with Crippen molar-refractivity contribution >= 4 is 12.2 Å². The summed E-state index contributed by atoms with van der Waals surface area (Å²) in [4.78, 5) is 31.0. The molecular formula is C20H30N4O2. The van der Waals surface area contributed by atoms with E-state index in [1.165, 1.54) is 11.8 Å². The van der Waals surface area contributed by atoms with E-state index in [0.29, 0.717) is 13.0 Å². The molecule has 6 nitrogen and oxygen atoms in total. The van der Waals surface area contributed by atoms with E-state index in [0.717, 1.165) is 24.5 Å². The molecule has 0 saturated carbocycles. The number of amides is 1. The second-order valence-electron chi connectivity index (χ2n) is 5.13. The molecule has 2 heterocycles. The molecule has 0 aliphatic heterocycles. The van der Waals surface area contributed by atoms with E-state index in [4.69, 9.17) is 0 Å². The summed E-state index contributed by atoms with van der Waals surface area (Å²) in [5.41, 5.74) is 1.88. The van der Waals surface area contributed by atoms with Gasteiger partial charge in [0.15, 0.2) is 0 Å². The number of carbonyl (C=O) groups is 2. The average molecular weight is 358 g/mol. The highest BCUT2D eigenvalue weighted by Crippen LogP contribution is 1.98. The molecule has 0 aliphatic rings. The summed E-state index contributed by atoms with van der Waals surface area (Å²) in [6, 6.07) is 11.4. The van der Waals surface area contributed by atoms with Crippen LogP contribution in [0.3, 0.4) is 0 Å². The van der Waals surface area contributed by atoms with Gasteiger partial charge < -0.3 is 10.2 Å². The fraction of sp³-hybridized carbons (Fsp3) is 0.400. The predicted octanol–water partition coefficient (Wildman–Crippen LogP) is 2.85.